The molecule has 1 saturated carbocycles. The molecule has 0 amide bonds. The van der Waals surface area contributed by atoms with Crippen molar-refractivity contribution in [1.29, 1.82) is 0 Å². The van der Waals surface area contributed by atoms with Crippen LogP contribution in [0.15, 0.2) is 0 Å². The van der Waals surface area contributed by atoms with Crippen LogP contribution < -0.4 is 0 Å². The molecule has 2 heteroatoms. The summed E-state index contributed by atoms with van der Waals surface area (Å²) in [4.78, 5) is 10.6. The highest BCUT2D eigenvalue weighted by atomic mass is 16.5. The molecule has 0 saturated heterocycles. The summed E-state index contributed by atoms with van der Waals surface area (Å²) in [5, 5.41) is 0. The van der Waals surface area contributed by atoms with E-state index in [2.05, 4.69) is 27.7 Å². The Labute approximate surface area is 99.8 Å². The lowest BCUT2D eigenvalue weighted by Gasteiger charge is -2.43. The molecule has 0 bridgehead atoms. The standard InChI is InChI=1S/C14H25O2/c1-5-8-14(4,16-10-15)13-7-6-11(2)9-12(13)3/h11-13H,5-9H2,1-4H3. The average molecular weight is 225 g/mol. The zero-order valence-corrected chi connectivity index (χ0v) is 11.1. The molecule has 1 aliphatic carbocycles. The quantitative estimate of drug-likeness (QED) is 0.713. The Morgan fingerprint density at radius 1 is 1.38 bits per heavy atom. The summed E-state index contributed by atoms with van der Waals surface area (Å²) >= 11 is 0. The molecule has 1 fully saturated rings. The van der Waals surface area contributed by atoms with Gasteiger partial charge in [-0.3, -0.25) is 0 Å². The van der Waals surface area contributed by atoms with Crippen molar-refractivity contribution in [2.45, 2.75) is 65.4 Å². The Kier molecular flexibility index (Phi) is 4.82. The largest absolute Gasteiger partial charge is 0.451 e. The summed E-state index contributed by atoms with van der Waals surface area (Å²) in [6, 6.07) is 0. The first-order valence-electron chi connectivity index (χ1n) is 6.58. The maximum atomic E-state index is 10.6. The van der Waals surface area contributed by atoms with Crippen LogP contribution in [0, 0.1) is 17.8 Å². The van der Waals surface area contributed by atoms with Crippen molar-refractivity contribution in [3.8, 4) is 0 Å². The van der Waals surface area contributed by atoms with Gasteiger partial charge in [0.2, 0.25) is 0 Å². The highest BCUT2D eigenvalue weighted by Crippen LogP contribution is 2.42. The molecule has 0 heterocycles. The van der Waals surface area contributed by atoms with Crippen molar-refractivity contribution in [3.05, 3.63) is 0 Å². The SMILES string of the molecule is CCCC(C)(O[C]=O)C1CCC(C)CC1C. The van der Waals surface area contributed by atoms with E-state index < -0.39 is 0 Å². The van der Waals surface area contributed by atoms with E-state index in [0.717, 1.165) is 18.8 Å². The molecule has 0 aromatic carbocycles. The number of rotatable bonds is 5. The minimum absolute atomic E-state index is 0.296. The third kappa shape index (κ3) is 2.99. The van der Waals surface area contributed by atoms with E-state index in [1.165, 1.54) is 19.3 Å². The van der Waals surface area contributed by atoms with Crippen LogP contribution in [0.4, 0.5) is 0 Å². The number of hydrogen-bond donors (Lipinski definition) is 0. The van der Waals surface area contributed by atoms with Gasteiger partial charge in [0.1, 0.15) is 5.60 Å². The minimum Gasteiger partial charge on any atom is -0.451 e. The topological polar surface area (TPSA) is 26.3 Å². The van der Waals surface area contributed by atoms with Gasteiger partial charge in [-0.2, -0.15) is 0 Å². The Morgan fingerprint density at radius 3 is 2.56 bits per heavy atom. The zero-order chi connectivity index (χ0) is 12.2. The van der Waals surface area contributed by atoms with Crippen LogP contribution in [0.1, 0.15) is 59.8 Å². The maximum absolute atomic E-state index is 10.6. The van der Waals surface area contributed by atoms with E-state index in [1.807, 2.05) is 0 Å². The van der Waals surface area contributed by atoms with Crippen LogP contribution in [0.5, 0.6) is 0 Å². The van der Waals surface area contributed by atoms with Gasteiger partial charge in [-0.05, 0) is 38.0 Å². The van der Waals surface area contributed by atoms with Gasteiger partial charge >= 0.3 is 6.47 Å². The van der Waals surface area contributed by atoms with Gasteiger partial charge in [0.05, 0.1) is 0 Å². The molecule has 0 aromatic rings. The first kappa shape index (κ1) is 13.5. The predicted molar refractivity (Wildman–Crippen MR) is 65.8 cm³/mol. The fraction of sp³-hybridized carbons (Fsp3) is 0.929. The van der Waals surface area contributed by atoms with Crippen molar-refractivity contribution in [2.75, 3.05) is 0 Å². The second-order valence-corrected chi connectivity index (χ2v) is 5.75. The fourth-order valence-corrected chi connectivity index (χ4v) is 3.48. The molecule has 1 rings (SSSR count). The van der Waals surface area contributed by atoms with Crippen LogP contribution in [0.2, 0.25) is 0 Å². The summed E-state index contributed by atoms with van der Waals surface area (Å²) in [6.45, 7) is 10.5. The number of hydrogen-bond acceptors (Lipinski definition) is 2. The van der Waals surface area contributed by atoms with E-state index in [-0.39, 0.29) is 5.60 Å². The van der Waals surface area contributed by atoms with Crippen LogP contribution >= 0.6 is 0 Å². The molecule has 0 aliphatic heterocycles. The molecule has 1 radical (unpaired) electrons. The average Bonchev–Trinajstić information content (AvgIpc) is 2.17. The molecule has 2 nitrogen and oxygen atoms in total. The zero-order valence-electron chi connectivity index (χ0n) is 11.1. The van der Waals surface area contributed by atoms with Crippen LogP contribution in [0.25, 0.3) is 0 Å². The van der Waals surface area contributed by atoms with Gasteiger partial charge in [-0.25, -0.2) is 4.79 Å². The lowest BCUT2D eigenvalue weighted by atomic mass is 9.67. The number of carbonyl (C=O) groups excluding carboxylic acids is 1. The highest BCUT2D eigenvalue weighted by molar-refractivity contribution is 5.39. The van der Waals surface area contributed by atoms with Crippen LogP contribution in [-0.2, 0) is 9.53 Å². The van der Waals surface area contributed by atoms with Crippen molar-refractivity contribution >= 4 is 6.47 Å². The molecule has 0 N–H and O–H groups in total. The molecule has 4 atom stereocenters. The van der Waals surface area contributed by atoms with Crippen molar-refractivity contribution in [1.82, 2.24) is 0 Å². The van der Waals surface area contributed by atoms with E-state index >= 15 is 0 Å². The Morgan fingerprint density at radius 2 is 2.06 bits per heavy atom. The van der Waals surface area contributed by atoms with Gasteiger partial charge in [0, 0.05) is 5.92 Å². The summed E-state index contributed by atoms with van der Waals surface area (Å²) in [5.74, 6) is 1.97. The predicted octanol–water partition coefficient (Wildman–Crippen LogP) is 3.70. The van der Waals surface area contributed by atoms with Crippen molar-refractivity contribution in [2.24, 2.45) is 17.8 Å². The summed E-state index contributed by atoms with van der Waals surface area (Å²) < 4.78 is 5.31. The fourth-order valence-electron chi connectivity index (χ4n) is 3.48. The van der Waals surface area contributed by atoms with Crippen molar-refractivity contribution in [3.63, 3.8) is 0 Å². The van der Waals surface area contributed by atoms with E-state index in [9.17, 15) is 4.79 Å². The molecule has 0 spiro atoms. The highest BCUT2D eigenvalue weighted by Gasteiger charge is 2.41. The molecular formula is C14H25O2. The molecule has 93 valence electrons. The summed E-state index contributed by atoms with van der Waals surface area (Å²) in [6.07, 6.45) is 5.70. The molecule has 1 aliphatic rings. The number of ether oxygens (including phenoxy) is 1. The van der Waals surface area contributed by atoms with Crippen LogP contribution in [-0.4, -0.2) is 12.1 Å². The Balaban J connectivity index is 2.73. The second-order valence-electron chi connectivity index (χ2n) is 5.75. The third-order valence-corrected chi connectivity index (χ3v) is 4.24. The van der Waals surface area contributed by atoms with E-state index in [1.54, 1.807) is 6.47 Å². The second kappa shape index (κ2) is 5.70. The van der Waals surface area contributed by atoms with Crippen LogP contribution in [0.3, 0.4) is 0 Å². The van der Waals surface area contributed by atoms with Gasteiger partial charge in [0.25, 0.3) is 0 Å². The lowest BCUT2D eigenvalue weighted by molar-refractivity contribution is -0.0414. The molecular weight excluding hydrogens is 200 g/mol. The summed E-state index contributed by atoms with van der Waals surface area (Å²) in [5.41, 5.74) is -0.296. The first-order chi connectivity index (χ1) is 7.53. The van der Waals surface area contributed by atoms with E-state index in [4.69, 9.17) is 4.74 Å². The van der Waals surface area contributed by atoms with Crippen molar-refractivity contribution < 1.29 is 9.53 Å². The Bertz CT molecular complexity index is 227. The molecule has 0 aromatic heterocycles. The monoisotopic (exact) mass is 225 g/mol. The lowest BCUT2D eigenvalue weighted by Crippen LogP contribution is -2.43. The van der Waals surface area contributed by atoms with Gasteiger partial charge < -0.3 is 4.74 Å². The molecule has 4 unspecified atom stereocenters. The minimum atomic E-state index is -0.296. The van der Waals surface area contributed by atoms with Gasteiger partial charge in [-0.15, -0.1) is 0 Å². The molecule has 16 heavy (non-hydrogen) atoms. The van der Waals surface area contributed by atoms with E-state index in [0.29, 0.717) is 11.8 Å². The first-order valence-corrected chi connectivity index (χ1v) is 6.58. The van der Waals surface area contributed by atoms with Gasteiger partial charge in [-0.1, -0.05) is 33.6 Å². The normalized spacial score (nSPS) is 34.1. The summed E-state index contributed by atoms with van der Waals surface area (Å²) in [7, 11) is 0. The smallest absolute Gasteiger partial charge is 0.418 e. The third-order valence-electron chi connectivity index (χ3n) is 4.24. The van der Waals surface area contributed by atoms with Gasteiger partial charge in [0.15, 0.2) is 0 Å². The maximum Gasteiger partial charge on any atom is 0.418 e. The Hall–Kier alpha value is -0.530.